The number of nitrogens with zero attached hydrogens (tertiary/aromatic N) is 3. The average molecular weight is 513 g/mol. The smallest absolute Gasteiger partial charge is 0.338 e. The van der Waals surface area contributed by atoms with Gasteiger partial charge in [-0.25, -0.2) is 23.2 Å². The fourth-order valence-corrected chi connectivity index (χ4v) is 4.76. The van der Waals surface area contributed by atoms with E-state index in [1.807, 2.05) is 13.8 Å². The molecule has 192 valence electrons. The van der Waals surface area contributed by atoms with Crippen molar-refractivity contribution >= 4 is 44.7 Å². The van der Waals surface area contributed by atoms with E-state index in [2.05, 4.69) is 20.6 Å². The Balaban J connectivity index is 1.71. The van der Waals surface area contributed by atoms with Crippen LogP contribution < -0.4 is 16.4 Å². The van der Waals surface area contributed by atoms with Crippen LogP contribution in [-0.4, -0.2) is 48.4 Å². The first-order valence-corrected chi connectivity index (χ1v) is 13.1. The summed E-state index contributed by atoms with van der Waals surface area (Å²) in [5, 5.41) is 6.21. The number of nitrogens with two attached hydrogens (primary N) is 1. The van der Waals surface area contributed by atoms with Gasteiger partial charge in [0.1, 0.15) is 12.0 Å². The van der Waals surface area contributed by atoms with E-state index in [0.29, 0.717) is 48.3 Å². The number of hydrogen-bond donors (Lipinski definition) is 3. The van der Waals surface area contributed by atoms with E-state index in [0.717, 1.165) is 0 Å². The number of rotatable bonds is 11. The Morgan fingerprint density at radius 3 is 1.92 bits per heavy atom. The zero-order valence-corrected chi connectivity index (χ0v) is 21.7. The van der Waals surface area contributed by atoms with Crippen LogP contribution in [0.2, 0.25) is 0 Å². The number of nitrogens with one attached hydrogen (secondary N) is 2. The second-order valence-electron chi connectivity index (χ2n) is 8.42. The SMILES string of the molecule is CCN(CC)S(=O)(=O)c1ccc(Nc2ncnc(Nc3ccc(C(=O)OCC(C)C)cc3)c2N)cc1. The van der Waals surface area contributed by atoms with E-state index in [-0.39, 0.29) is 22.5 Å². The first-order chi connectivity index (χ1) is 17.1. The minimum Gasteiger partial charge on any atom is -0.462 e. The van der Waals surface area contributed by atoms with E-state index in [9.17, 15) is 13.2 Å². The molecule has 36 heavy (non-hydrogen) atoms. The van der Waals surface area contributed by atoms with Crippen LogP contribution in [0.5, 0.6) is 0 Å². The molecule has 0 aliphatic rings. The quantitative estimate of drug-likeness (QED) is 0.319. The van der Waals surface area contributed by atoms with Crippen LogP contribution in [0.1, 0.15) is 38.1 Å². The molecule has 0 amide bonds. The van der Waals surface area contributed by atoms with Crippen molar-refractivity contribution in [2.45, 2.75) is 32.6 Å². The molecule has 1 aromatic heterocycles. The maximum absolute atomic E-state index is 12.7. The van der Waals surface area contributed by atoms with E-state index in [4.69, 9.17) is 10.5 Å². The lowest BCUT2D eigenvalue weighted by Gasteiger charge is -2.18. The summed E-state index contributed by atoms with van der Waals surface area (Å²) in [4.78, 5) is 20.7. The summed E-state index contributed by atoms with van der Waals surface area (Å²) < 4.78 is 32.0. The van der Waals surface area contributed by atoms with Gasteiger partial charge in [-0.15, -0.1) is 0 Å². The van der Waals surface area contributed by atoms with Crippen molar-refractivity contribution in [1.82, 2.24) is 14.3 Å². The predicted octanol–water partition coefficient (Wildman–Crippen LogP) is 4.39. The van der Waals surface area contributed by atoms with Gasteiger partial charge in [0, 0.05) is 24.5 Å². The number of ether oxygens (including phenoxy) is 1. The highest BCUT2D eigenvalue weighted by atomic mass is 32.2. The number of hydrogen-bond acceptors (Lipinski definition) is 9. The molecule has 10 nitrogen and oxygen atoms in total. The van der Waals surface area contributed by atoms with Gasteiger partial charge in [-0.05, 0) is 54.4 Å². The predicted molar refractivity (Wildman–Crippen MR) is 141 cm³/mol. The number of sulfonamides is 1. The van der Waals surface area contributed by atoms with Crippen molar-refractivity contribution < 1.29 is 17.9 Å². The summed E-state index contributed by atoms with van der Waals surface area (Å²) in [6.45, 7) is 8.72. The molecule has 0 unspecified atom stereocenters. The molecular weight excluding hydrogens is 480 g/mol. The van der Waals surface area contributed by atoms with Gasteiger partial charge in [-0.1, -0.05) is 27.7 Å². The summed E-state index contributed by atoms with van der Waals surface area (Å²) in [5.74, 6) is 0.625. The Kier molecular flexibility index (Phi) is 8.83. The third-order valence-corrected chi connectivity index (χ3v) is 7.34. The lowest BCUT2D eigenvalue weighted by molar-refractivity contribution is 0.0459. The Morgan fingerprint density at radius 1 is 0.944 bits per heavy atom. The maximum Gasteiger partial charge on any atom is 0.338 e. The first-order valence-electron chi connectivity index (χ1n) is 11.7. The van der Waals surface area contributed by atoms with Crippen LogP contribution in [-0.2, 0) is 14.8 Å². The molecule has 3 rings (SSSR count). The molecule has 2 aromatic carbocycles. The summed E-state index contributed by atoms with van der Waals surface area (Å²) in [6.07, 6.45) is 1.36. The fraction of sp³-hybridized carbons (Fsp3) is 0.320. The van der Waals surface area contributed by atoms with Crippen molar-refractivity contribution in [1.29, 1.82) is 0 Å². The van der Waals surface area contributed by atoms with Gasteiger partial charge >= 0.3 is 5.97 Å². The van der Waals surface area contributed by atoms with Crippen LogP contribution >= 0.6 is 0 Å². The van der Waals surface area contributed by atoms with E-state index in [1.165, 1.54) is 10.6 Å². The molecule has 0 bridgehead atoms. The average Bonchev–Trinajstić information content (AvgIpc) is 2.86. The van der Waals surface area contributed by atoms with Crippen LogP contribution in [0.4, 0.5) is 28.7 Å². The van der Waals surface area contributed by atoms with Gasteiger partial charge in [0.05, 0.1) is 17.1 Å². The van der Waals surface area contributed by atoms with Crippen molar-refractivity contribution in [3.8, 4) is 0 Å². The molecule has 0 spiro atoms. The third-order valence-electron chi connectivity index (χ3n) is 5.28. The molecule has 0 aliphatic heterocycles. The molecule has 0 aliphatic carbocycles. The number of benzene rings is 2. The number of esters is 1. The molecule has 11 heteroatoms. The second kappa shape index (κ2) is 11.8. The zero-order chi connectivity index (χ0) is 26.3. The first kappa shape index (κ1) is 26.9. The molecule has 0 saturated heterocycles. The highest BCUT2D eigenvalue weighted by Gasteiger charge is 2.21. The molecule has 0 radical (unpaired) electrons. The normalized spacial score (nSPS) is 11.5. The number of carbonyl (C=O) groups is 1. The van der Waals surface area contributed by atoms with Gasteiger partial charge in [-0.3, -0.25) is 0 Å². The Bertz CT molecular complexity index is 1270. The van der Waals surface area contributed by atoms with Gasteiger partial charge in [0.2, 0.25) is 10.0 Å². The van der Waals surface area contributed by atoms with Crippen molar-refractivity contribution in [2.75, 3.05) is 36.1 Å². The van der Waals surface area contributed by atoms with E-state index < -0.39 is 10.0 Å². The molecule has 3 aromatic rings. The molecule has 4 N–H and O–H groups in total. The van der Waals surface area contributed by atoms with Crippen LogP contribution in [0.25, 0.3) is 0 Å². The zero-order valence-electron chi connectivity index (χ0n) is 20.9. The summed E-state index contributed by atoms with van der Waals surface area (Å²) >= 11 is 0. The number of aromatic nitrogens is 2. The molecule has 0 saturated carbocycles. The van der Waals surface area contributed by atoms with Crippen LogP contribution in [0.3, 0.4) is 0 Å². The minimum absolute atomic E-state index is 0.214. The lowest BCUT2D eigenvalue weighted by atomic mass is 10.2. The van der Waals surface area contributed by atoms with Crippen LogP contribution in [0, 0.1) is 5.92 Å². The summed E-state index contributed by atoms with van der Waals surface area (Å²) in [6, 6.07) is 13.2. The Labute approximate surface area is 212 Å². The topological polar surface area (TPSA) is 140 Å². The van der Waals surface area contributed by atoms with Gasteiger partial charge in [0.25, 0.3) is 0 Å². The van der Waals surface area contributed by atoms with Gasteiger partial charge in [0.15, 0.2) is 11.6 Å². The van der Waals surface area contributed by atoms with Crippen molar-refractivity contribution in [3.05, 3.63) is 60.4 Å². The van der Waals surface area contributed by atoms with Crippen LogP contribution in [0.15, 0.2) is 59.8 Å². The lowest BCUT2D eigenvalue weighted by Crippen LogP contribution is -2.30. The number of nitrogen functional groups attached to an aromatic ring is 1. The van der Waals surface area contributed by atoms with Crippen molar-refractivity contribution in [2.24, 2.45) is 5.92 Å². The molecule has 0 fully saturated rings. The van der Waals surface area contributed by atoms with E-state index >= 15 is 0 Å². The van der Waals surface area contributed by atoms with Crippen molar-refractivity contribution in [3.63, 3.8) is 0 Å². The monoisotopic (exact) mass is 512 g/mol. The van der Waals surface area contributed by atoms with Gasteiger partial charge < -0.3 is 21.1 Å². The Morgan fingerprint density at radius 2 is 1.44 bits per heavy atom. The second-order valence-corrected chi connectivity index (χ2v) is 10.4. The highest BCUT2D eigenvalue weighted by molar-refractivity contribution is 7.89. The molecular formula is C25H32N6O4S. The molecule has 0 atom stereocenters. The molecule has 1 heterocycles. The maximum atomic E-state index is 12.7. The Hall–Kier alpha value is -3.70. The summed E-state index contributed by atoms with van der Waals surface area (Å²) in [7, 11) is -3.54. The fourth-order valence-electron chi connectivity index (χ4n) is 3.31. The standard InChI is InChI=1S/C25H32N6O4S/c1-5-31(6-2)36(33,34)21-13-11-20(12-14-21)30-24-22(26)23(27-16-28-24)29-19-9-7-18(8-10-19)25(32)35-15-17(3)4/h7-14,16-17H,5-6,15,26H2,1-4H3,(H2,27,28,29,30). The van der Waals surface area contributed by atoms with Gasteiger partial charge in [-0.2, -0.15) is 4.31 Å². The largest absolute Gasteiger partial charge is 0.462 e. The summed E-state index contributed by atoms with van der Waals surface area (Å²) in [5.41, 5.74) is 8.30. The number of carbonyl (C=O) groups excluding carboxylic acids is 1. The third kappa shape index (κ3) is 6.49. The van der Waals surface area contributed by atoms with E-state index in [1.54, 1.807) is 62.4 Å². The minimum atomic E-state index is -3.54. The highest BCUT2D eigenvalue weighted by Crippen LogP contribution is 2.29. The number of anilines is 5.